The van der Waals surface area contributed by atoms with Gasteiger partial charge in [-0.15, -0.1) is 0 Å². The highest BCUT2D eigenvalue weighted by Crippen LogP contribution is 2.48. The summed E-state index contributed by atoms with van der Waals surface area (Å²) < 4.78 is 0. The van der Waals surface area contributed by atoms with Crippen LogP contribution in [0.15, 0.2) is 146 Å². The summed E-state index contributed by atoms with van der Waals surface area (Å²) >= 11 is 0. The Balaban J connectivity index is 1.52. The van der Waals surface area contributed by atoms with Crippen LogP contribution in [-0.4, -0.2) is 22.2 Å². The number of carboxylic acids is 2. The Labute approximate surface area is 264 Å². The minimum Gasteiger partial charge on any atom is -0.478 e. The average molecular weight is 595 g/mol. The maximum Gasteiger partial charge on any atom is 0.335 e. The lowest BCUT2D eigenvalue weighted by molar-refractivity contribution is 0.0686. The summed E-state index contributed by atoms with van der Waals surface area (Å²) in [6, 6.07) is 48.0. The lowest BCUT2D eigenvalue weighted by atomic mass is 9.82. The summed E-state index contributed by atoms with van der Waals surface area (Å²) in [5, 5.41) is 25.8. The summed E-state index contributed by atoms with van der Waals surface area (Å²) in [7, 11) is 0. The van der Waals surface area contributed by atoms with Crippen LogP contribution in [0, 0.1) is 0 Å². The summed E-state index contributed by atoms with van der Waals surface area (Å²) in [5.74, 6) is -1.91. The highest BCUT2D eigenvalue weighted by atomic mass is 16.4. The third-order valence-electron chi connectivity index (χ3n) is 8.95. The first-order chi connectivity index (χ1) is 22.5. The average Bonchev–Trinajstić information content (AvgIpc) is 3.11. The Morgan fingerprint density at radius 2 is 0.630 bits per heavy atom. The highest BCUT2D eigenvalue weighted by Gasteiger charge is 2.21. The Morgan fingerprint density at radius 1 is 0.348 bits per heavy atom. The van der Waals surface area contributed by atoms with Gasteiger partial charge in [-0.1, -0.05) is 109 Å². The van der Waals surface area contributed by atoms with E-state index < -0.39 is 11.9 Å². The van der Waals surface area contributed by atoms with Crippen molar-refractivity contribution in [3.8, 4) is 44.5 Å². The van der Waals surface area contributed by atoms with Crippen LogP contribution in [0.1, 0.15) is 20.7 Å². The Morgan fingerprint density at radius 3 is 0.913 bits per heavy atom. The van der Waals surface area contributed by atoms with Crippen LogP contribution in [-0.2, 0) is 0 Å². The zero-order valence-electron chi connectivity index (χ0n) is 24.6. The van der Waals surface area contributed by atoms with E-state index in [1.807, 2.05) is 60.7 Å². The van der Waals surface area contributed by atoms with Gasteiger partial charge in [-0.3, -0.25) is 0 Å². The number of aromatic carboxylic acids is 2. The molecule has 0 saturated carbocycles. The molecule has 0 aliphatic rings. The van der Waals surface area contributed by atoms with Crippen molar-refractivity contribution in [2.45, 2.75) is 0 Å². The molecule has 4 nitrogen and oxygen atoms in total. The molecule has 0 saturated heterocycles. The van der Waals surface area contributed by atoms with Crippen molar-refractivity contribution in [1.29, 1.82) is 0 Å². The zero-order chi connectivity index (χ0) is 31.4. The van der Waals surface area contributed by atoms with Gasteiger partial charge in [-0.25, -0.2) is 9.59 Å². The van der Waals surface area contributed by atoms with Crippen LogP contribution in [0.2, 0.25) is 0 Å². The molecule has 0 aliphatic heterocycles. The van der Waals surface area contributed by atoms with Crippen LogP contribution in [0.4, 0.5) is 0 Å². The van der Waals surface area contributed by atoms with Gasteiger partial charge in [0.05, 0.1) is 11.1 Å². The fourth-order valence-electron chi connectivity index (χ4n) is 6.77. The molecule has 0 radical (unpaired) electrons. The number of carbonyl (C=O) groups is 2. The molecule has 8 aromatic rings. The van der Waals surface area contributed by atoms with E-state index in [2.05, 4.69) is 60.7 Å². The quantitative estimate of drug-likeness (QED) is 0.188. The van der Waals surface area contributed by atoms with E-state index in [-0.39, 0.29) is 11.1 Å². The van der Waals surface area contributed by atoms with Gasteiger partial charge in [0.1, 0.15) is 0 Å². The topological polar surface area (TPSA) is 74.6 Å². The van der Waals surface area contributed by atoms with Gasteiger partial charge < -0.3 is 10.2 Å². The Bertz CT molecular complexity index is 2250. The van der Waals surface area contributed by atoms with Crippen LogP contribution >= 0.6 is 0 Å². The SMILES string of the molecule is O=C(O)c1ccc(-c2cc(-c3ccccc3)c3ccc4c(-c5ccccc5)cc(-c5ccc(C(=O)O)cc5)c5ccc2c3c45)cc1. The molecule has 0 unspecified atom stereocenters. The van der Waals surface area contributed by atoms with Crippen molar-refractivity contribution in [3.05, 3.63) is 157 Å². The summed E-state index contributed by atoms with van der Waals surface area (Å²) in [6.07, 6.45) is 0. The lowest BCUT2D eigenvalue weighted by Gasteiger charge is -2.21. The predicted molar refractivity (Wildman–Crippen MR) is 186 cm³/mol. The molecule has 0 amide bonds. The molecule has 0 aliphatic carbocycles. The molecule has 0 fully saturated rings. The molecule has 8 aromatic carbocycles. The monoisotopic (exact) mass is 594 g/mol. The Hall–Kier alpha value is -6.26. The minimum atomic E-state index is -0.954. The van der Waals surface area contributed by atoms with Crippen molar-refractivity contribution >= 4 is 44.3 Å². The number of rotatable bonds is 6. The fraction of sp³-hybridized carbons (Fsp3) is 0. The second-order valence-corrected chi connectivity index (χ2v) is 11.5. The standard InChI is InChI=1S/C42H26O4/c43-41(44)29-15-11-27(12-16-29)37-23-35(25-7-3-1-4-8-25)31-19-20-32-36(26-9-5-2-6-10-26)24-38(28-13-17-30(18-14-28)42(45)46)34-22-21-33(37)39(31)40(32)34/h1-24H,(H,43,44)(H,45,46). The number of hydrogen-bond acceptors (Lipinski definition) is 2. The maximum atomic E-state index is 11.6. The third-order valence-corrected chi connectivity index (χ3v) is 8.95. The van der Waals surface area contributed by atoms with Crippen molar-refractivity contribution < 1.29 is 19.8 Å². The molecule has 0 bridgehead atoms. The van der Waals surface area contributed by atoms with E-state index in [9.17, 15) is 19.8 Å². The van der Waals surface area contributed by atoms with Gasteiger partial charge >= 0.3 is 11.9 Å². The van der Waals surface area contributed by atoms with E-state index in [1.54, 1.807) is 24.3 Å². The first-order valence-corrected chi connectivity index (χ1v) is 15.0. The number of benzene rings is 8. The van der Waals surface area contributed by atoms with Crippen LogP contribution in [0.5, 0.6) is 0 Å². The highest BCUT2D eigenvalue weighted by molar-refractivity contribution is 6.32. The van der Waals surface area contributed by atoms with Crippen LogP contribution in [0.25, 0.3) is 76.8 Å². The number of hydrogen-bond donors (Lipinski definition) is 2. The molecule has 46 heavy (non-hydrogen) atoms. The summed E-state index contributed by atoms with van der Waals surface area (Å²) in [5.41, 5.74) is 8.79. The molecule has 218 valence electrons. The maximum absolute atomic E-state index is 11.6. The van der Waals surface area contributed by atoms with Gasteiger partial charge in [-0.05, 0) is 113 Å². The predicted octanol–water partition coefficient (Wildman–Crippen LogP) is 10.6. The van der Waals surface area contributed by atoms with Gasteiger partial charge in [0.15, 0.2) is 0 Å². The van der Waals surface area contributed by atoms with Gasteiger partial charge in [-0.2, -0.15) is 0 Å². The molecule has 0 atom stereocenters. The second kappa shape index (κ2) is 10.7. The lowest BCUT2D eigenvalue weighted by Crippen LogP contribution is -1.97. The van der Waals surface area contributed by atoms with Gasteiger partial charge in [0, 0.05) is 0 Å². The molecule has 0 heterocycles. The molecule has 8 rings (SSSR count). The molecule has 4 heteroatoms. The van der Waals surface area contributed by atoms with E-state index in [0.717, 1.165) is 76.8 Å². The van der Waals surface area contributed by atoms with E-state index in [0.29, 0.717) is 0 Å². The molecular formula is C42H26O4. The molecule has 0 spiro atoms. The van der Waals surface area contributed by atoms with E-state index in [4.69, 9.17) is 0 Å². The van der Waals surface area contributed by atoms with E-state index >= 15 is 0 Å². The van der Waals surface area contributed by atoms with Gasteiger partial charge in [0.25, 0.3) is 0 Å². The third kappa shape index (κ3) is 4.39. The summed E-state index contributed by atoms with van der Waals surface area (Å²) in [4.78, 5) is 23.3. The molecule has 2 N–H and O–H groups in total. The van der Waals surface area contributed by atoms with Crippen molar-refractivity contribution in [2.24, 2.45) is 0 Å². The first kappa shape index (κ1) is 27.3. The molecule has 0 aromatic heterocycles. The first-order valence-electron chi connectivity index (χ1n) is 15.0. The second-order valence-electron chi connectivity index (χ2n) is 11.5. The normalized spacial score (nSPS) is 11.4. The smallest absolute Gasteiger partial charge is 0.335 e. The van der Waals surface area contributed by atoms with Gasteiger partial charge in [0.2, 0.25) is 0 Å². The van der Waals surface area contributed by atoms with Crippen molar-refractivity contribution in [3.63, 3.8) is 0 Å². The fourth-order valence-corrected chi connectivity index (χ4v) is 6.77. The Kier molecular flexibility index (Phi) is 6.36. The largest absolute Gasteiger partial charge is 0.478 e. The van der Waals surface area contributed by atoms with Crippen molar-refractivity contribution in [2.75, 3.05) is 0 Å². The molecular weight excluding hydrogens is 568 g/mol. The minimum absolute atomic E-state index is 0.246. The van der Waals surface area contributed by atoms with Crippen LogP contribution in [0.3, 0.4) is 0 Å². The summed E-state index contributed by atoms with van der Waals surface area (Å²) in [6.45, 7) is 0. The van der Waals surface area contributed by atoms with E-state index in [1.165, 1.54) is 0 Å². The van der Waals surface area contributed by atoms with Crippen molar-refractivity contribution in [1.82, 2.24) is 0 Å². The zero-order valence-corrected chi connectivity index (χ0v) is 24.6. The number of carboxylic acid groups (broad SMARTS) is 2. The van der Waals surface area contributed by atoms with Crippen LogP contribution < -0.4 is 0 Å².